The zero-order chi connectivity index (χ0) is 9.07. The Balaban J connectivity index is 3.88. The highest BCUT2D eigenvalue weighted by Gasteiger charge is 2.19. The lowest BCUT2D eigenvalue weighted by molar-refractivity contribution is -0.156. The Morgan fingerprint density at radius 3 is 2.18 bits per heavy atom. The zero-order valence-electron chi connectivity index (χ0n) is 7.89. The third-order valence-electron chi connectivity index (χ3n) is 1.19. The van der Waals surface area contributed by atoms with Crippen molar-refractivity contribution in [2.45, 2.75) is 39.3 Å². The second kappa shape index (κ2) is 3.72. The standard InChI is InChI=1S/C8H17NO2/c1-6(9-5)7(10)11-8(2,3)4/h6,9H,1-5H3/t6-/m1/s1. The van der Waals surface area contributed by atoms with Crippen molar-refractivity contribution >= 4 is 5.97 Å². The van der Waals surface area contributed by atoms with Crippen molar-refractivity contribution < 1.29 is 9.53 Å². The van der Waals surface area contributed by atoms with Crippen LogP contribution in [0.25, 0.3) is 0 Å². The molecule has 0 aromatic rings. The molecule has 0 aliphatic rings. The molecule has 0 aliphatic heterocycles. The monoisotopic (exact) mass is 159 g/mol. The van der Waals surface area contributed by atoms with E-state index in [9.17, 15) is 4.79 Å². The molecule has 0 saturated heterocycles. The van der Waals surface area contributed by atoms with Gasteiger partial charge in [0.05, 0.1) is 0 Å². The van der Waals surface area contributed by atoms with Crippen LogP contribution < -0.4 is 5.32 Å². The van der Waals surface area contributed by atoms with Crippen molar-refractivity contribution in [1.82, 2.24) is 5.32 Å². The topological polar surface area (TPSA) is 38.3 Å². The van der Waals surface area contributed by atoms with Gasteiger partial charge in [0.15, 0.2) is 0 Å². The fourth-order valence-corrected chi connectivity index (χ4v) is 0.508. The molecule has 11 heavy (non-hydrogen) atoms. The van der Waals surface area contributed by atoms with Gasteiger partial charge in [-0.15, -0.1) is 0 Å². The maximum absolute atomic E-state index is 11.1. The van der Waals surface area contributed by atoms with Gasteiger partial charge in [0.2, 0.25) is 0 Å². The molecule has 0 aromatic carbocycles. The van der Waals surface area contributed by atoms with E-state index < -0.39 is 0 Å². The van der Waals surface area contributed by atoms with E-state index in [-0.39, 0.29) is 17.6 Å². The summed E-state index contributed by atoms with van der Waals surface area (Å²) in [5, 5.41) is 2.81. The summed E-state index contributed by atoms with van der Waals surface area (Å²) in [6.45, 7) is 7.34. The summed E-state index contributed by atoms with van der Waals surface area (Å²) in [7, 11) is 1.73. The number of carbonyl (C=O) groups is 1. The minimum Gasteiger partial charge on any atom is -0.459 e. The maximum Gasteiger partial charge on any atom is 0.323 e. The highest BCUT2D eigenvalue weighted by atomic mass is 16.6. The second-order valence-electron chi connectivity index (χ2n) is 3.54. The molecule has 0 spiro atoms. The molecule has 3 nitrogen and oxygen atoms in total. The van der Waals surface area contributed by atoms with E-state index in [1.165, 1.54) is 0 Å². The summed E-state index contributed by atoms with van der Waals surface area (Å²) in [4.78, 5) is 11.1. The summed E-state index contributed by atoms with van der Waals surface area (Å²) < 4.78 is 5.09. The molecule has 1 atom stereocenters. The number of likely N-dealkylation sites (N-methyl/N-ethyl adjacent to an activating group) is 1. The number of ether oxygens (including phenoxy) is 1. The van der Waals surface area contributed by atoms with Gasteiger partial charge in [-0.1, -0.05) is 0 Å². The number of carbonyl (C=O) groups excluding carboxylic acids is 1. The van der Waals surface area contributed by atoms with Crippen LogP contribution >= 0.6 is 0 Å². The molecule has 0 aliphatic carbocycles. The molecule has 3 heteroatoms. The van der Waals surface area contributed by atoms with Crippen LogP contribution in [0.1, 0.15) is 27.7 Å². The number of esters is 1. The molecule has 0 heterocycles. The van der Waals surface area contributed by atoms with Crippen LogP contribution in [-0.4, -0.2) is 24.7 Å². The van der Waals surface area contributed by atoms with Crippen molar-refractivity contribution in [2.24, 2.45) is 0 Å². The lowest BCUT2D eigenvalue weighted by atomic mass is 10.2. The van der Waals surface area contributed by atoms with E-state index in [1.807, 2.05) is 20.8 Å². The largest absolute Gasteiger partial charge is 0.459 e. The molecular formula is C8H17NO2. The highest BCUT2D eigenvalue weighted by molar-refractivity contribution is 5.75. The third kappa shape index (κ3) is 4.79. The Labute approximate surface area is 68.1 Å². The molecule has 0 radical (unpaired) electrons. The fourth-order valence-electron chi connectivity index (χ4n) is 0.508. The van der Waals surface area contributed by atoms with E-state index in [2.05, 4.69) is 5.32 Å². The van der Waals surface area contributed by atoms with E-state index in [0.29, 0.717) is 0 Å². The van der Waals surface area contributed by atoms with Crippen molar-refractivity contribution in [3.8, 4) is 0 Å². The van der Waals surface area contributed by atoms with Crippen LogP contribution in [0.4, 0.5) is 0 Å². The second-order valence-corrected chi connectivity index (χ2v) is 3.54. The van der Waals surface area contributed by atoms with Gasteiger partial charge in [-0.2, -0.15) is 0 Å². The van der Waals surface area contributed by atoms with E-state index in [0.717, 1.165) is 0 Å². The molecule has 1 N–H and O–H groups in total. The number of nitrogens with one attached hydrogen (secondary N) is 1. The lowest BCUT2D eigenvalue weighted by Crippen LogP contribution is -2.37. The number of rotatable bonds is 2. The highest BCUT2D eigenvalue weighted by Crippen LogP contribution is 2.07. The van der Waals surface area contributed by atoms with Crippen LogP contribution in [0.3, 0.4) is 0 Å². The van der Waals surface area contributed by atoms with Gasteiger partial charge in [-0.05, 0) is 34.7 Å². The first kappa shape index (κ1) is 10.4. The molecule has 0 bridgehead atoms. The van der Waals surface area contributed by atoms with Crippen LogP contribution in [0.5, 0.6) is 0 Å². The molecule has 0 unspecified atom stereocenters. The van der Waals surface area contributed by atoms with E-state index in [4.69, 9.17) is 4.74 Å². The van der Waals surface area contributed by atoms with Gasteiger partial charge in [-0.3, -0.25) is 4.79 Å². The predicted molar refractivity (Wildman–Crippen MR) is 44.4 cm³/mol. The Hall–Kier alpha value is -0.570. The zero-order valence-corrected chi connectivity index (χ0v) is 7.89. The van der Waals surface area contributed by atoms with Crippen LogP contribution in [0.2, 0.25) is 0 Å². The van der Waals surface area contributed by atoms with Gasteiger partial charge in [0, 0.05) is 0 Å². The smallest absolute Gasteiger partial charge is 0.323 e. The van der Waals surface area contributed by atoms with Gasteiger partial charge in [0.25, 0.3) is 0 Å². The Kier molecular flexibility index (Phi) is 3.52. The minimum absolute atomic E-state index is 0.208. The first-order valence-electron chi connectivity index (χ1n) is 3.77. The van der Waals surface area contributed by atoms with Crippen LogP contribution in [0, 0.1) is 0 Å². The van der Waals surface area contributed by atoms with Gasteiger partial charge in [0.1, 0.15) is 11.6 Å². The van der Waals surface area contributed by atoms with Crippen LogP contribution in [0.15, 0.2) is 0 Å². The molecule has 0 rings (SSSR count). The molecule has 0 saturated carbocycles. The Morgan fingerprint density at radius 2 is 1.91 bits per heavy atom. The molecule has 0 fully saturated rings. The van der Waals surface area contributed by atoms with Crippen molar-refractivity contribution in [3.05, 3.63) is 0 Å². The fraction of sp³-hybridized carbons (Fsp3) is 0.875. The summed E-state index contributed by atoms with van der Waals surface area (Å²) in [5.41, 5.74) is -0.387. The van der Waals surface area contributed by atoms with E-state index >= 15 is 0 Å². The summed E-state index contributed by atoms with van der Waals surface area (Å²) in [5.74, 6) is -0.208. The van der Waals surface area contributed by atoms with E-state index in [1.54, 1.807) is 14.0 Å². The first-order valence-corrected chi connectivity index (χ1v) is 3.77. The van der Waals surface area contributed by atoms with Gasteiger partial charge < -0.3 is 10.1 Å². The quantitative estimate of drug-likeness (QED) is 0.609. The normalized spacial score (nSPS) is 14.3. The van der Waals surface area contributed by atoms with Gasteiger partial charge in [-0.25, -0.2) is 0 Å². The van der Waals surface area contributed by atoms with Crippen molar-refractivity contribution in [1.29, 1.82) is 0 Å². The first-order chi connectivity index (χ1) is 4.87. The molecule has 66 valence electrons. The number of hydrogen-bond acceptors (Lipinski definition) is 3. The SMILES string of the molecule is CN[C@H](C)C(=O)OC(C)(C)C. The lowest BCUT2D eigenvalue weighted by Gasteiger charge is -2.21. The summed E-state index contributed by atoms with van der Waals surface area (Å²) in [6.07, 6.45) is 0. The maximum atomic E-state index is 11.1. The average molecular weight is 159 g/mol. The Morgan fingerprint density at radius 1 is 1.45 bits per heavy atom. The summed E-state index contributed by atoms with van der Waals surface area (Å²) in [6, 6.07) is -0.228. The van der Waals surface area contributed by atoms with Gasteiger partial charge >= 0.3 is 5.97 Å². The molecular weight excluding hydrogens is 142 g/mol. The molecule has 0 amide bonds. The average Bonchev–Trinajstić information content (AvgIpc) is 1.82. The Bertz CT molecular complexity index is 138. The predicted octanol–water partition coefficient (Wildman–Crippen LogP) is 0.936. The number of hydrogen-bond donors (Lipinski definition) is 1. The summed E-state index contributed by atoms with van der Waals surface area (Å²) >= 11 is 0. The van der Waals surface area contributed by atoms with Crippen LogP contribution in [-0.2, 0) is 9.53 Å². The van der Waals surface area contributed by atoms with Crippen molar-refractivity contribution in [2.75, 3.05) is 7.05 Å². The third-order valence-corrected chi connectivity index (χ3v) is 1.19. The minimum atomic E-state index is -0.387. The molecule has 0 aromatic heterocycles. The van der Waals surface area contributed by atoms with Crippen molar-refractivity contribution in [3.63, 3.8) is 0 Å².